The van der Waals surface area contributed by atoms with Crippen LogP contribution in [0.5, 0.6) is 0 Å². The van der Waals surface area contributed by atoms with Gasteiger partial charge in [-0.1, -0.05) is 0 Å². The number of carboxylic acids is 1. The lowest BCUT2D eigenvalue weighted by molar-refractivity contribution is 0.0655. The molecular weight excluding hydrogens is 266 g/mol. The highest BCUT2D eigenvalue weighted by Gasteiger charge is 2.27. The lowest BCUT2D eigenvalue weighted by Gasteiger charge is -2.33. The van der Waals surface area contributed by atoms with Gasteiger partial charge in [0.25, 0.3) is 5.91 Å². The second-order valence-electron chi connectivity index (χ2n) is 4.42. The van der Waals surface area contributed by atoms with E-state index in [1.807, 2.05) is 6.92 Å². The molecule has 1 amide bonds. The van der Waals surface area contributed by atoms with Crippen molar-refractivity contribution in [1.29, 1.82) is 0 Å². The van der Waals surface area contributed by atoms with Gasteiger partial charge in [0.15, 0.2) is 10.7 Å². The lowest BCUT2D eigenvalue weighted by Crippen LogP contribution is -2.46. The lowest BCUT2D eigenvalue weighted by atomic mass is 10.0. The summed E-state index contributed by atoms with van der Waals surface area (Å²) in [6.45, 7) is 4.37. The molecule has 0 aromatic carbocycles. The highest BCUT2D eigenvalue weighted by Crippen LogP contribution is 2.18. The summed E-state index contributed by atoms with van der Waals surface area (Å²) in [5.41, 5.74) is -0.0605. The molecular formula is C12H17N3O3S. The molecule has 0 saturated carbocycles. The highest BCUT2D eigenvalue weighted by molar-refractivity contribution is 7.11. The van der Waals surface area contributed by atoms with Gasteiger partial charge < -0.3 is 15.3 Å². The minimum atomic E-state index is -1.10. The Labute approximate surface area is 115 Å². The summed E-state index contributed by atoms with van der Waals surface area (Å²) in [6, 6.07) is 0.218. The molecule has 1 fully saturated rings. The van der Waals surface area contributed by atoms with Gasteiger partial charge in [-0.2, -0.15) is 0 Å². The SMILES string of the molecule is CCN(C(=O)c1nc(C(=O)O)cs1)C1CCNCC1. The largest absolute Gasteiger partial charge is 0.476 e. The fourth-order valence-electron chi connectivity index (χ4n) is 2.28. The molecule has 0 spiro atoms. The minimum absolute atomic E-state index is 0.0605. The van der Waals surface area contributed by atoms with Gasteiger partial charge in [-0.15, -0.1) is 11.3 Å². The molecule has 1 aliphatic heterocycles. The zero-order valence-electron chi connectivity index (χ0n) is 10.8. The highest BCUT2D eigenvalue weighted by atomic mass is 32.1. The molecule has 7 heteroatoms. The first-order valence-electron chi connectivity index (χ1n) is 6.34. The maximum atomic E-state index is 12.4. The molecule has 104 valence electrons. The quantitative estimate of drug-likeness (QED) is 0.863. The van der Waals surface area contributed by atoms with Crippen LogP contribution >= 0.6 is 11.3 Å². The van der Waals surface area contributed by atoms with Crippen molar-refractivity contribution >= 4 is 23.2 Å². The molecule has 0 unspecified atom stereocenters. The molecule has 1 saturated heterocycles. The van der Waals surface area contributed by atoms with E-state index in [4.69, 9.17) is 5.11 Å². The number of nitrogens with one attached hydrogen (secondary N) is 1. The van der Waals surface area contributed by atoms with Crippen LogP contribution in [0, 0.1) is 0 Å². The fraction of sp³-hybridized carbons (Fsp3) is 0.583. The molecule has 2 heterocycles. The number of aromatic nitrogens is 1. The van der Waals surface area contributed by atoms with Gasteiger partial charge in [-0.3, -0.25) is 4.79 Å². The summed E-state index contributed by atoms with van der Waals surface area (Å²) in [7, 11) is 0. The van der Waals surface area contributed by atoms with E-state index in [0.29, 0.717) is 6.54 Å². The third-order valence-corrected chi connectivity index (χ3v) is 4.09. The van der Waals surface area contributed by atoms with E-state index in [9.17, 15) is 9.59 Å². The van der Waals surface area contributed by atoms with E-state index in [1.165, 1.54) is 5.38 Å². The first-order chi connectivity index (χ1) is 9.13. The smallest absolute Gasteiger partial charge is 0.355 e. The Morgan fingerprint density at radius 2 is 2.21 bits per heavy atom. The molecule has 19 heavy (non-hydrogen) atoms. The Bertz CT molecular complexity index is 469. The number of carboxylic acid groups (broad SMARTS) is 1. The first kappa shape index (κ1) is 14.0. The van der Waals surface area contributed by atoms with Gasteiger partial charge in [0.1, 0.15) is 0 Å². The number of hydrogen-bond donors (Lipinski definition) is 2. The Morgan fingerprint density at radius 3 is 2.74 bits per heavy atom. The zero-order valence-corrected chi connectivity index (χ0v) is 11.6. The van der Waals surface area contributed by atoms with Crippen molar-refractivity contribution in [3.63, 3.8) is 0 Å². The van der Waals surface area contributed by atoms with E-state index in [1.54, 1.807) is 4.90 Å². The predicted octanol–water partition coefficient (Wildman–Crippen LogP) is 1.06. The Hall–Kier alpha value is -1.47. The number of carbonyl (C=O) groups is 2. The second kappa shape index (κ2) is 6.12. The van der Waals surface area contributed by atoms with Crippen LogP contribution in [-0.2, 0) is 0 Å². The van der Waals surface area contributed by atoms with Crippen LogP contribution < -0.4 is 5.32 Å². The molecule has 0 aliphatic carbocycles. The third-order valence-electron chi connectivity index (χ3n) is 3.26. The van der Waals surface area contributed by atoms with E-state index in [0.717, 1.165) is 37.3 Å². The van der Waals surface area contributed by atoms with Gasteiger partial charge in [0, 0.05) is 18.0 Å². The fourth-order valence-corrected chi connectivity index (χ4v) is 3.02. The topological polar surface area (TPSA) is 82.5 Å². The van der Waals surface area contributed by atoms with Crippen molar-refractivity contribution in [3.05, 3.63) is 16.1 Å². The maximum Gasteiger partial charge on any atom is 0.355 e. The van der Waals surface area contributed by atoms with Crippen LogP contribution in [0.1, 0.15) is 40.1 Å². The van der Waals surface area contributed by atoms with Crippen LogP contribution in [0.15, 0.2) is 5.38 Å². The average Bonchev–Trinajstić information content (AvgIpc) is 2.90. The van der Waals surface area contributed by atoms with Crippen molar-refractivity contribution < 1.29 is 14.7 Å². The number of thiazole rings is 1. The maximum absolute atomic E-state index is 12.4. The van der Waals surface area contributed by atoms with Crippen molar-refractivity contribution in [1.82, 2.24) is 15.2 Å². The molecule has 0 bridgehead atoms. The predicted molar refractivity (Wildman–Crippen MR) is 71.7 cm³/mol. The summed E-state index contributed by atoms with van der Waals surface area (Å²) < 4.78 is 0. The number of nitrogens with zero attached hydrogens (tertiary/aromatic N) is 2. The standard InChI is InChI=1S/C12H17N3O3S/c1-2-15(8-3-5-13-6-4-8)11(16)10-14-9(7-19-10)12(17)18/h7-8,13H,2-6H2,1H3,(H,17,18). The number of piperidine rings is 1. The van der Waals surface area contributed by atoms with E-state index >= 15 is 0 Å². The van der Waals surface area contributed by atoms with E-state index in [2.05, 4.69) is 10.3 Å². The van der Waals surface area contributed by atoms with Crippen molar-refractivity contribution in [3.8, 4) is 0 Å². The molecule has 1 aliphatic rings. The third kappa shape index (κ3) is 3.10. The van der Waals surface area contributed by atoms with Gasteiger partial charge in [-0.05, 0) is 32.9 Å². The molecule has 0 radical (unpaired) electrons. The van der Waals surface area contributed by atoms with E-state index < -0.39 is 5.97 Å². The summed E-state index contributed by atoms with van der Waals surface area (Å²) in [6.07, 6.45) is 1.85. The normalized spacial score (nSPS) is 16.3. The van der Waals surface area contributed by atoms with Crippen molar-refractivity contribution in [2.24, 2.45) is 0 Å². The Balaban J connectivity index is 2.12. The van der Waals surface area contributed by atoms with Gasteiger partial charge in [-0.25, -0.2) is 9.78 Å². The molecule has 0 atom stereocenters. The van der Waals surface area contributed by atoms with E-state index in [-0.39, 0.29) is 22.7 Å². The van der Waals surface area contributed by atoms with Crippen LogP contribution in [0.2, 0.25) is 0 Å². The summed E-state index contributed by atoms with van der Waals surface area (Å²) in [4.78, 5) is 28.8. The number of amides is 1. The summed E-state index contributed by atoms with van der Waals surface area (Å²) in [5, 5.41) is 13.8. The zero-order chi connectivity index (χ0) is 13.8. The van der Waals surface area contributed by atoms with Crippen LogP contribution in [0.4, 0.5) is 0 Å². The average molecular weight is 283 g/mol. The molecule has 2 rings (SSSR count). The molecule has 6 nitrogen and oxygen atoms in total. The minimum Gasteiger partial charge on any atom is -0.476 e. The summed E-state index contributed by atoms with van der Waals surface area (Å²) >= 11 is 1.09. The number of hydrogen-bond acceptors (Lipinski definition) is 5. The van der Waals surface area contributed by atoms with Crippen LogP contribution in [0.3, 0.4) is 0 Å². The van der Waals surface area contributed by atoms with Crippen LogP contribution in [0.25, 0.3) is 0 Å². The van der Waals surface area contributed by atoms with Crippen molar-refractivity contribution in [2.75, 3.05) is 19.6 Å². The first-order valence-corrected chi connectivity index (χ1v) is 7.22. The molecule has 1 aromatic heterocycles. The Kier molecular flexibility index (Phi) is 4.49. The van der Waals surface area contributed by atoms with Gasteiger partial charge in [0.2, 0.25) is 0 Å². The van der Waals surface area contributed by atoms with Crippen molar-refractivity contribution in [2.45, 2.75) is 25.8 Å². The second-order valence-corrected chi connectivity index (χ2v) is 5.27. The van der Waals surface area contributed by atoms with Gasteiger partial charge in [0.05, 0.1) is 0 Å². The van der Waals surface area contributed by atoms with Gasteiger partial charge >= 0.3 is 5.97 Å². The number of aromatic carboxylic acids is 1. The molecule has 1 aromatic rings. The molecule has 2 N–H and O–H groups in total. The van der Waals surface area contributed by atoms with Crippen LogP contribution in [-0.4, -0.2) is 52.5 Å². The monoisotopic (exact) mass is 283 g/mol. The number of rotatable bonds is 4. The summed E-state index contributed by atoms with van der Waals surface area (Å²) in [5.74, 6) is -1.26. The Morgan fingerprint density at radius 1 is 1.53 bits per heavy atom. The number of carbonyl (C=O) groups excluding carboxylic acids is 1.